The van der Waals surface area contributed by atoms with Gasteiger partial charge in [0.25, 0.3) is 0 Å². The SMILES string of the molecule is CCCCCCCCCCC1COC(c2cc[n+](CC)cc2)SC1.[Br-]. The Labute approximate surface area is 169 Å². The number of aromatic nitrogens is 1. The molecule has 1 fully saturated rings. The molecule has 0 saturated carbocycles. The average Bonchev–Trinajstić information content (AvgIpc) is 2.64. The molecule has 25 heavy (non-hydrogen) atoms. The Kier molecular flexibility index (Phi) is 12.9. The molecule has 0 amide bonds. The quantitative estimate of drug-likeness (QED) is 0.396. The van der Waals surface area contributed by atoms with Crippen molar-refractivity contribution in [1.29, 1.82) is 0 Å². The lowest BCUT2D eigenvalue weighted by Crippen LogP contribution is -3.00. The molecule has 2 atom stereocenters. The van der Waals surface area contributed by atoms with Gasteiger partial charge in [0, 0.05) is 23.4 Å². The fourth-order valence-electron chi connectivity index (χ4n) is 3.31. The van der Waals surface area contributed by atoms with E-state index in [2.05, 4.69) is 42.9 Å². The highest BCUT2D eigenvalue weighted by Crippen LogP contribution is 2.37. The maximum atomic E-state index is 6.13. The maximum Gasteiger partial charge on any atom is 0.169 e. The van der Waals surface area contributed by atoms with Crippen molar-refractivity contribution in [1.82, 2.24) is 0 Å². The van der Waals surface area contributed by atoms with Crippen LogP contribution in [-0.4, -0.2) is 12.4 Å². The third kappa shape index (κ3) is 8.92. The van der Waals surface area contributed by atoms with Crippen LogP contribution in [0.2, 0.25) is 0 Å². The normalized spacial score (nSPS) is 20.2. The van der Waals surface area contributed by atoms with E-state index < -0.39 is 0 Å². The van der Waals surface area contributed by atoms with Crippen molar-refractivity contribution in [3.63, 3.8) is 0 Å². The van der Waals surface area contributed by atoms with Crippen LogP contribution < -0.4 is 21.5 Å². The zero-order valence-corrected chi connectivity index (χ0v) is 18.5. The molecule has 2 heterocycles. The topological polar surface area (TPSA) is 13.1 Å². The third-order valence-corrected chi connectivity index (χ3v) is 6.36. The Morgan fingerprint density at radius 3 is 2.20 bits per heavy atom. The number of rotatable bonds is 11. The molecule has 1 aromatic rings. The van der Waals surface area contributed by atoms with Gasteiger partial charge in [-0.3, -0.25) is 0 Å². The predicted octanol–water partition coefficient (Wildman–Crippen LogP) is 2.91. The van der Waals surface area contributed by atoms with E-state index in [1.54, 1.807) is 0 Å². The van der Waals surface area contributed by atoms with Crippen molar-refractivity contribution in [2.45, 2.75) is 83.6 Å². The van der Waals surface area contributed by atoms with Crippen LogP contribution in [0.15, 0.2) is 24.5 Å². The number of ether oxygens (including phenoxy) is 1. The van der Waals surface area contributed by atoms with Crippen molar-refractivity contribution in [2.24, 2.45) is 5.92 Å². The van der Waals surface area contributed by atoms with Crippen LogP contribution in [0.1, 0.15) is 82.6 Å². The molecule has 2 unspecified atom stereocenters. The Morgan fingerprint density at radius 1 is 1.00 bits per heavy atom. The molecule has 0 radical (unpaired) electrons. The summed E-state index contributed by atoms with van der Waals surface area (Å²) in [6.07, 6.45) is 17.0. The van der Waals surface area contributed by atoms with Gasteiger partial charge in [-0.15, -0.1) is 11.8 Å². The van der Waals surface area contributed by atoms with Gasteiger partial charge < -0.3 is 21.7 Å². The summed E-state index contributed by atoms with van der Waals surface area (Å²) in [6, 6.07) is 4.42. The van der Waals surface area contributed by atoms with Crippen LogP contribution in [0, 0.1) is 5.92 Å². The zero-order chi connectivity index (χ0) is 17.0. The van der Waals surface area contributed by atoms with E-state index in [4.69, 9.17) is 4.74 Å². The molecule has 1 saturated heterocycles. The number of aryl methyl sites for hydroxylation is 1. The molecule has 2 nitrogen and oxygen atoms in total. The molecule has 0 spiro atoms. The van der Waals surface area contributed by atoms with E-state index in [1.807, 2.05) is 11.8 Å². The summed E-state index contributed by atoms with van der Waals surface area (Å²) >= 11 is 1.98. The number of halogens is 1. The first-order valence-electron chi connectivity index (χ1n) is 10.1. The van der Waals surface area contributed by atoms with Crippen LogP contribution in [0.25, 0.3) is 0 Å². The number of thioether (sulfide) groups is 1. The van der Waals surface area contributed by atoms with E-state index in [1.165, 1.54) is 69.1 Å². The Balaban J connectivity index is 0.00000312. The lowest BCUT2D eigenvalue weighted by atomic mass is 10.0. The van der Waals surface area contributed by atoms with Gasteiger partial charge in [0.05, 0.1) is 6.61 Å². The molecule has 144 valence electrons. The molecule has 4 heteroatoms. The zero-order valence-electron chi connectivity index (χ0n) is 16.1. The molecule has 1 aliphatic rings. The Hall–Kier alpha value is -0.0600. The summed E-state index contributed by atoms with van der Waals surface area (Å²) < 4.78 is 8.32. The molecule has 1 aromatic heterocycles. The Morgan fingerprint density at radius 2 is 1.64 bits per heavy atom. The lowest BCUT2D eigenvalue weighted by molar-refractivity contribution is -0.693. The van der Waals surface area contributed by atoms with Crippen LogP contribution >= 0.6 is 11.8 Å². The average molecular weight is 430 g/mol. The van der Waals surface area contributed by atoms with Gasteiger partial charge in [0.2, 0.25) is 0 Å². The van der Waals surface area contributed by atoms with Crippen molar-refractivity contribution in [3.05, 3.63) is 30.1 Å². The van der Waals surface area contributed by atoms with Crippen LogP contribution in [0.3, 0.4) is 0 Å². The minimum Gasteiger partial charge on any atom is -1.00 e. The van der Waals surface area contributed by atoms with Crippen molar-refractivity contribution < 1.29 is 26.3 Å². The first-order valence-corrected chi connectivity index (χ1v) is 11.1. The van der Waals surface area contributed by atoms with E-state index >= 15 is 0 Å². The second kappa shape index (κ2) is 14.1. The van der Waals surface area contributed by atoms with E-state index in [0.29, 0.717) is 0 Å². The van der Waals surface area contributed by atoms with Crippen LogP contribution in [0.5, 0.6) is 0 Å². The van der Waals surface area contributed by atoms with Gasteiger partial charge in [-0.05, 0) is 19.3 Å². The monoisotopic (exact) mass is 429 g/mol. The lowest BCUT2D eigenvalue weighted by Gasteiger charge is -2.28. The summed E-state index contributed by atoms with van der Waals surface area (Å²) in [5.41, 5.74) is 1.56. The molecular weight excluding hydrogens is 394 g/mol. The minimum atomic E-state index is 0. The van der Waals surface area contributed by atoms with E-state index in [-0.39, 0.29) is 22.4 Å². The number of unbranched alkanes of at least 4 members (excludes halogenated alkanes) is 7. The number of hydrogen-bond acceptors (Lipinski definition) is 2. The van der Waals surface area contributed by atoms with E-state index in [9.17, 15) is 0 Å². The van der Waals surface area contributed by atoms with Gasteiger partial charge in [0.1, 0.15) is 12.0 Å². The molecule has 0 aliphatic carbocycles. The maximum absolute atomic E-state index is 6.13. The first kappa shape index (κ1) is 23.0. The van der Waals surface area contributed by atoms with E-state index in [0.717, 1.165) is 19.1 Å². The number of nitrogens with zero attached hydrogens (tertiary/aromatic N) is 1. The molecule has 0 N–H and O–H groups in total. The minimum absolute atomic E-state index is 0. The molecule has 0 aromatic carbocycles. The summed E-state index contributed by atoms with van der Waals surface area (Å²) in [7, 11) is 0. The van der Waals surface area contributed by atoms with Gasteiger partial charge in [-0.1, -0.05) is 58.3 Å². The van der Waals surface area contributed by atoms with Gasteiger partial charge in [-0.2, -0.15) is 0 Å². The third-order valence-electron chi connectivity index (χ3n) is 4.99. The van der Waals surface area contributed by atoms with Gasteiger partial charge in [0.15, 0.2) is 12.4 Å². The summed E-state index contributed by atoms with van der Waals surface area (Å²) in [6.45, 7) is 6.42. The van der Waals surface area contributed by atoms with Crippen molar-refractivity contribution in [2.75, 3.05) is 12.4 Å². The highest BCUT2D eigenvalue weighted by Gasteiger charge is 2.23. The molecular formula is C21H36BrNOS. The molecule has 0 bridgehead atoms. The second-order valence-electron chi connectivity index (χ2n) is 7.09. The Bertz CT molecular complexity index is 432. The fourth-order valence-corrected chi connectivity index (χ4v) is 4.54. The number of hydrogen-bond donors (Lipinski definition) is 0. The smallest absolute Gasteiger partial charge is 0.169 e. The number of pyridine rings is 1. The second-order valence-corrected chi connectivity index (χ2v) is 8.18. The van der Waals surface area contributed by atoms with Crippen LogP contribution in [0.4, 0.5) is 0 Å². The van der Waals surface area contributed by atoms with Crippen molar-refractivity contribution >= 4 is 11.8 Å². The highest BCUT2D eigenvalue weighted by atomic mass is 79.9. The largest absolute Gasteiger partial charge is 1.00 e. The fraction of sp³-hybridized carbons (Fsp3) is 0.762. The first-order chi connectivity index (χ1) is 11.8. The molecule has 1 aliphatic heterocycles. The van der Waals surface area contributed by atoms with Gasteiger partial charge in [-0.25, -0.2) is 4.57 Å². The summed E-state index contributed by atoms with van der Waals surface area (Å²) in [4.78, 5) is 0. The summed E-state index contributed by atoms with van der Waals surface area (Å²) in [5.74, 6) is 2.01. The standard InChI is InChI=1S/C21H36NOS.BrH/c1-3-5-6-7-8-9-10-11-12-19-17-23-21(24-18-19)20-13-15-22(4-2)16-14-20;/h13-16,19,21H,3-12,17-18H2,1-2H3;1H/q+1;/p-1. The molecule has 2 rings (SSSR count). The predicted molar refractivity (Wildman–Crippen MR) is 104 cm³/mol. The van der Waals surface area contributed by atoms with Crippen molar-refractivity contribution in [3.8, 4) is 0 Å². The summed E-state index contributed by atoms with van der Waals surface area (Å²) in [5, 5.41) is 0. The highest BCUT2D eigenvalue weighted by molar-refractivity contribution is 7.99. The van der Waals surface area contributed by atoms with Gasteiger partial charge >= 0.3 is 0 Å². The van der Waals surface area contributed by atoms with Crippen LogP contribution in [-0.2, 0) is 11.3 Å².